The van der Waals surface area contributed by atoms with Crippen molar-refractivity contribution in [3.63, 3.8) is 0 Å². The molecule has 4 aliphatic heterocycles. The third-order valence-electron chi connectivity index (χ3n) is 20.4. The summed E-state index contributed by atoms with van der Waals surface area (Å²) in [6, 6.07) is 62.6. The fourth-order valence-corrected chi connectivity index (χ4v) is 17.1. The standard InChI is InChI=1S/C27H25ClN2O3.C21H20ClFN2O2.C20H17BrCl2N2O2.C19H16BrClN2O/c1-2-32-27(31)30-15-14-22-23-16-20(28)10-13-24(23)29-25(22)26(30)19-8-11-21(12-9-19)33-17-18-6-4-3-5-7-18;1-2-11-27-21(26)25-10-9-14-16-12-13(22)7-8-18(16)24-19(14)20(25)15-5-3-4-6-17(15)23;21-13-3-1-2-12(10-13)19-18-15(6-8-25(19)20(26)27-9-7-22)16-11-14(23)4-5-17(16)24-18;1-11(24)23-8-7-15-16-10-13(20)5-6-17(16)22-18(15)19(23)12-3-2-4-14(21)9-12/h3-13,16,26,29H,2,14-15,17H2,1H3;3-8,12,20,24H,2,9-11H2,1H3;1-5,10-11,19,24H,6-9H2;2-6,9-10,19,22H,7-8H2,1H3. The Kier molecular flexibility index (Phi) is 24.7. The molecular formula is C87H78Br2Cl5FN8O8. The summed E-state index contributed by atoms with van der Waals surface area (Å²) in [7, 11) is 0. The summed E-state index contributed by atoms with van der Waals surface area (Å²) >= 11 is 37.6. The van der Waals surface area contributed by atoms with Crippen molar-refractivity contribution in [2.75, 3.05) is 51.9 Å². The second kappa shape index (κ2) is 35.1. The first kappa shape index (κ1) is 78.3. The zero-order valence-electron chi connectivity index (χ0n) is 60.8. The molecule has 0 fully saturated rings. The molecule has 0 bridgehead atoms. The molecule has 111 heavy (non-hydrogen) atoms. The zero-order valence-corrected chi connectivity index (χ0v) is 67.8. The Morgan fingerprint density at radius 3 is 1.38 bits per heavy atom. The Morgan fingerprint density at radius 1 is 0.441 bits per heavy atom. The lowest BCUT2D eigenvalue weighted by Gasteiger charge is -2.35. The van der Waals surface area contributed by atoms with Crippen molar-refractivity contribution < 1.29 is 42.5 Å². The average molecular weight is 1720 g/mol. The van der Waals surface area contributed by atoms with E-state index >= 15 is 0 Å². The predicted molar refractivity (Wildman–Crippen MR) is 446 cm³/mol. The Bertz CT molecular complexity index is 5580. The van der Waals surface area contributed by atoms with Crippen LogP contribution < -0.4 is 4.74 Å². The van der Waals surface area contributed by atoms with Crippen molar-refractivity contribution in [1.29, 1.82) is 0 Å². The number of H-pyrrole nitrogens is 4. The minimum absolute atomic E-state index is 0.0745. The molecule has 16 nitrogen and oxygen atoms in total. The number of nitrogens with one attached hydrogen (secondary N) is 4. The van der Waals surface area contributed by atoms with Gasteiger partial charge in [0.15, 0.2) is 0 Å². The summed E-state index contributed by atoms with van der Waals surface area (Å²) < 4.78 is 38.7. The van der Waals surface area contributed by atoms with E-state index in [4.69, 9.17) is 77.0 Å². The van der Waals surface area contributed by atoms with Crippen LogP contribution in [0.5, 0.6) is 5.75 Å². The predicted octanol–water partition coefficient (Wildman–Crippen LogP) is 22.9. The van der Waals surface area contributed by atoms with Gasteiger partial charge in [0, 0.05) is 134 Å². The summed E-state index contributed by atoms with van der Waals surface area (Å²) in [5, 5.41) is 7.18. The summed E-state index contributed by atoms with van der Waals surface area (Å²) in [4.78, 5) is 71.5. The highest BCUT2D eigenvalue weighted by Gasteiger charge is 2.40. The molecule has 4 N–H and O–H groups in total. The Morgan fingerprint density at radius 2 is 0.874 bits per heavy atom. The third kappa shape index (κ3) is 17.0. The molecule has 4 aromatic heterocycles. The van der Waals surface area contributed by atoms with Crippen LogP contribution in [-0.4, -0.2) is 116 Å². The first-order chi connectivity index (χ1) is 53.9. The number of fused-ring (bicyclic) bond motifs is 12. The van der Waals surface area contributed by atoms with Gasteiger partial charge in [-0.2, -0.15) is 0 Å². The van der Waals surface area contributed by atoms with E-state index in [1.807, 2.05) is 183 Å². The van der Waals surface area contributed by atoms with E-state index in [1.54, 1.807) is 39.8 Å². The maximum Gasteiger partial charge on any atom is 0.410 e. The van der Waals surface area contributed by atoms with Crippen LogP contribution in [0, 0.1) is 5.82 Å². The van der Waals surface area contributed by atoms with Crippen molar-refractivity contribution in [3.05, 3.63) is 308 Å². The summed E-state index contributed by atoms with van der Waals surface area (Å²) in [6.45, 7) is 9.06. The van der Waals surface area contributed by atoms with Gasteiger partial charge in [0.2, 0.25) is 5.91 Å². The highest BCUT2D eigenvalue weighted by Crippen LogP contribution is 2.45. The maximum atomic E-state index is 14.7. The number of hydrogen-bond acceptors (Lipinski definition) is 8. The molecule has 0 saturated carbocycles. The highest BCUT2D eigenvalue weighted by molar-refractivity contribution is 9.10. The normalized spacial score (nSPS) is 16.2. The van der Waals surface area contributed by atoms with Gasteiger partial charge in [0.05, 0.1) is 25.1 Å². The number of aromatic nitrogens is 4. The van der Waals surface area contributed by atoms with E-state index in [2.05, 4.69) is 63.9 Å². The molecule has 570 valence electrons. The molecule has 4 aliphatic rings. The number of hydrogen-bond donors (Lipinski definition) is 4. The van der Waals surface area contributed by atoms with Gasteiger partial charge in [0.25, 0.3) is 0 Å². The molecule has 8 heterocycles. The van der Waals surface area contributed by atoms with Gasteiger partial charge < -0.3 is 43.8 Å². The second-order valence-corrected chi connectivity index (χ2v) is 31.3. The van der Waals surface area contributed by atoms with Crippen LogP contribution in [0.25, 0.3) is 43.6 Å². The first-order valence-electron chi connectivity index (χ1n) is 36.7. The first-order valence-corrected chi connectivity index (χ1v) is 40.3. The number of rotatable bonds is 12. The van der Waals surface area contributed by atoms with Crippen molar-refractivity contribution in [2.45, 2.75) is 83.6 Å². The number of carbonyl (C=O) groups excluding carboxylic acids is 4. The zero-order chi connectivity index (χ0) is 77.6. The lowest BCUT2D eigenvalue weighted by atomic mass is 9.92. The van der Waals surface area contributed by atoms with Gasteiger partial charge >= 0.3 is 18.3 Å². The topological polar surface area (TPSA) is 181 Å². The summed E-state index contributed by atoms with van der Waals surface area (Å²) in [5.41, 5.74) is 17.3. The van der Waals surface area contributed by atoms with E-state index in [9.17, 15) is 23.6 Å². The van der Waals surface area contributed by atoms with Gasteiger partial charge in [-0.3, -0.25) is 19.5 Å². The van der Waals surface area contributed by atoms with E-state index < -0.39 is 12.1 Å². The Labute approximate surface area is 683 Å². The molecule has 4 atom stereocenters. The van der Waals surface area contributed by atoms with Crippen LogP contribution in [0.4, 0.5) is 18.8 Å². The maximum absolute atomic E-state index is 14.7. The smallest absolute Gasteiger partial charge is 0.410 e. The molecule has 4 unspecified atom stereocenters. The minimum Gasteiger partial charge on any atom is -0.489 e. The van der Waals surface area contributed by atoms with Crippen LogP contribution in [0.15, 0.2) is 209 Å². The Balaban J connectivity index is 0.000000124. The largest absolute Gasteiger partial charge is 0.489 e. The van der Waals surface area contributed by atoms with Crippen LogP contribution in [0.3, 0.4) is 0 Å². The number of halogens is 8. The molecule has 24 heteroatoms. The van der Waals surface area contributed by atoms with Crippen molar-refractivity contribution in [3.8, 4) is 5.75 Å². The third-order valence-corrected chi connectivity index (χ3v) is 22.5. The number of amides is 4. The van der Waals surface area contributed by atoms with Crippen LogP contribution in [0.2, 0.25) is 20.1 Å². The SMILES string of the molecule is CC(=O)N1CCc2c([nH]c3ccc(Br)cc23)C1c1cccc(Cl)c1.CCCOC(=O)N1CCc2c([nH]c3ccc(Cl)cc23)C1c1ccccc1F.CCOC(=O)N1CCc2c([nH]c3ccc(Cl)cc23)C1c1ccc(OCc2ccccc2)cc1.O=C(OCCCl)N1CCc2c([nH]c3ccc(Cl)cc23)C1c1cccc(Br)c1. The fraction of sp³-hybridized carbons (Fsp3) is 0.241. The van der Waals surface area contributed by atoms with Gasteiger partial charge in [-0.1, -0.05) is 170 Å². The molecule has 0 spiro atoms. The van der Waals surface area contributed by atoms with Crippen molar-refractivity contribution in [1.82, 2.24) is 39.5 Å². The summed E-state index contributed by atoms with van der Waals surface area (Å²) in [5.74, 6) is 0.785. The van der Waals surface area contributed by atoms with E-state index in [0.717, 1.165) is 129 Å². The fourth-order valence-electron chi connectivity index (χ4n) is 15.6. The quantitative estimate of drug-likeness (QED) is 0.0689. The van der Waals surface area contributed by atoms with Gasteiger partial charge in [-0.05, 0) is 199 Å². The molecule has 13 aromatic rings. The lowest BCUT2D eigenvalue weighted by molar-refractivity contribution is -0.130. The minimum atomic E-state index is -0.564. The number of alkyl halides is 1. The van der Waals surface area contributed by atoms with Crippen molar-refractivity contribution >= 4 is 158 Å². The van der Waals surface area contributed by atoms with Gasteiger partial charge in [-0.15, -0.1) is 11.6 Å². The molecule has 0 aliphatic carbocycles. The van der Waals surface area contributed by atoms with Gasteiger partial charge in [-0.25, -0.2) is 18.8 Å². The van der Waals surface area contributed by atoms with Crippen molar-refractivity contribution in [2.24, 2.45) is 0 Å². The summed E-state index contributed by atoms with van der Waals surface area (Å²) in [6.07, 6.45) is 2.62. The lowest BCUT2D eigenvalue weighted by Crippen LogP contribution is -2.41. The molecule has 17 rings (SSSR count). The molecule has 9 aromatic carbocycles. The van der Waals surface area contributed by atoms with Crippen LogP contribution in [-0.2, 0) is 51.3 Å². The van der Waals surface area contributed by atoms with Crippen LogP contribution >= 0.6 is 89.9 Å². The average Bonchev–Trinajstić information content (AvgIpc) is 1.64. The molecular weight excluding hydrogens is 1640 g/mol. The van der Waals surface area contributed by atoms with Crippen LogP contribution in [0.1, 0.15) is 124 Å². The Hall–Kier alpha value is -9.44. The molecule has 4 amide bonds. The van der Waals surface area contributed by atoms with E-state index in [-0.39, 0.29) is 54.5 Å². The van der Waals surface area contributed by atoms with E-state index in [1.165, 1.54) is 28.1 Å². The number of benzene rings is 9. The molecule has 0 saturated heterocycles. The second-order valence-electron chi connectivity index (χ2n) is 27.3. The number of nitrogens with zero attached hydrogens (tertiary/aromatic N) is 4. The number of aromatic amines is 4. The monoisotopic (exact) mass is 1710 g/mol. The number of carbonyl (C=O) groups is 4. The number of ether oxygens (including phenoxy) is 4. The van der Waals surface area contributed by atoms with E-state index in [0.29, 0.717) is 78.1 Å². The van der Waals surface area contributed by atoms with Gasteiger partial charge in [0.1, 0.15) is 42.9 Å². The highest BCUT2D eigenvalue weighted by atomic mass is 79.9. The molecule has 0 radical (unpaired) electrons.